The number of esters is 1. The molecule has 150 valence electrons. The van der Waals surface area contributed by atoms with Gasteiger partial charge in [-0.2, -0.15) is 0 Å². The van der Waals surface area contributed by atoms with Crippen molar-refractivity contribution < 1.29 is 13.9 Å². The maximum absolute atomic E-state index is 13.7. The summed E-state index contributed by atoms with van der Waals surface area (Å²) in [5.41, 5.74) is 3.91. The number of fused-ring (bicyclic) bond motifs is 1. The van der Waals surface area contributed by atoms with E-state index < -0.39 is 5.97 Å². The van der Waals surface area contributed by atoms with E-state index in [0.717, 1.165) is 27.5 Å². The molecule has 0 saturated carbocycles. The molecule has 0 radical (unpaired) electrons. The molecular formula is C24H20FN3O2. The van der Waals surface area contributed by atoms with Gasteiger partial charge in [0.25, 0.3) is 0 Å². The third kappa shape index (κ3) is 3.98. The molecule has 2 aromatic heterocycles. The van der Waals surface area contributed by atoms with Crippen LogP contribution in [0.15, 0.2) is 60.8 Å². The van der Waals surface area contributed by atoms with Crippen LogP contribution in [0, 0.1) is 19.7 Å². The topological polar surface area (TPSA) is 64.1 Å². The number of nitrogens with one attached hydrogen (secondary N) is 1. The fourth-order valence-electron chi connectivity index (χ4n) is 3.38. The van der Waals surface area contributed by atoms with Crippen molar-refractivity contribution in [3.63, 3.8) is 0 Å². The van der Waals surface area contributed by atoms with E-state index in [9.17, 15) is 9.18 Å². The van der Waals surface area contributed by atoms with Crippen LogP contribution < -0.4 is 5.32 Å². The first kappa shape index (κ1) is 19.5. The highest BCUT2D eigenvalue weighted by Crippen LogP contribution is 2.29. The summed E-state index contributed by atoms with van der Waals surface area (Å²) >= 11 is 0. The van der Waals surface area contributed by atoms with Crippen LogP contribution in [0.5, 0.6) is 0 Å². The number of carbonyl (C=O) groups excluding carboxylic acids is 1. The van der Waals surface area contributed by atoms with E-state index in [0.29, 0.717) is 22.9 Å². The first-order valence-corrected chi connectivity index (χ1v) is 9.43. The van der Waals surface area contributed by atoms with Crippen LogP contribution in [0.1, 0.15) is 21.6 Å². The number of aryl methyl sites for hydroxylation is 2. The number of halogens is 1. The van der Waals surface area contributed by atoms with Crippen molar-refractivity contribution in [2.24, 2.45) is 0 Å². The lowest BCUT2D eigenvalue weighted by Crippen LogP contribution is -2.05. The molecule has 4 aromatic rings. The van der Waals surface area contributed by atoms with Crippen LogP contribution in [-0.4, -0.2) is 23.0 Å². The molecule has 1 N–H and O–H groups in total. The molecule has 0 aliphatic rings. The average Bonchev–Trinajstić information content (AvgIpc) is 2.74. The van der Waals surface area contributed by atoms with Crippen LogP contribution in [-0.2, 0) is 4.74 Å². The number of aromatic nitrogens is 2. The van der Waals surface area contributed by atoms with E-state index in [1.165, 1.54) is 13.2 Å². The summed E-state index contributed by atoms with van der Waals surface area (Å²) in [7, 11) is 1.34. The van der Waals surface area contributed by atoms with Crippen molar-refractivity contribution in [3.05, 3.63) is 83.4 Å². The SMILES string of the molecule is COC(=O)c1cc(C)nc(Nc2cc3ccc(-c4cc(F)ccc4C)cc3cn2)c1. The molecule has 0 aliphatic heterocycles. The molecule has 0 atom stereocenters. The Hall–Kier alpha value is -3.80. The van der Waals surface area contributed by atoms with Gasteiger partial charge in [0.15, 0.2) is 0 Å². The maximum Gasteiger partial charge on any atom is 0.338 e. The molecule has 0 amide bonds. The number of nitrogens with zero attached hydrogens (tertiary/aromatic N) is 2. The van der Waals surface area contributed by atoms with E-state index in [1.54, 1.807) is 37.4 Å². The van der Waals surface area contributed by atoms with Crippen LogP contribution in [0.3, 0.4) is 0 Å². The van der Waals surface area contributed by atoms with E-state index in [-0.39, 0.29) is 5.82 Å². The highest BCUT2D eigenvalue weighted by atomic mass is 19.1. The zero-order valence-corrected chi connectivity index (χ0v) is 16.9. The molecule has 0 spiro atoms. The molecule has 6 heteroatoms. The van der Waals surface area contributed by atoms with Crippen LogP contribution >= 0.6 is 0 Å². The van der Waals surface area contributed by atoms with Gasteiger partial charge in [0, 0.05) is 17.3 Å². The molecule has 0 bridgehead atoms. The minimum atomic E-state index is -0.421. The largest absolute Gasteiger partial charge is 0.465 e. The highest BCUT2D eigenvalue weighted by molar-refractivity contribution is 5.91. The van der Waals surface area contributed by atoms with Gasteiger partial charge in [-0.25, -0.2) is 19.2 Å². The Morgan fingerprint density at radius 3 is 2.60 bits per heavy atom. The second-order valence-electron chi connectivity index (χ2n) is 7.09. The maximum atomic E-state index is 13.7. The van der Waals surface area contributed by atoms with Gasteiger partial charge in [0.2, 0.25) is 0 Å². The third-order valence-corrected chi connectivity index (χ3v) is 4.86. The third-order valence-electron chi connectivity index (χ3n) is 4.86. The number of hydrogen-bond acceptors (Lipinski definition) is 5. The molecule has 5 nitrogen and oxygen atoms in total. The lowest BCUT2D eigenvalue weighted by Gasteiger charge is -2.10. The van der Waals surface area contributed by atoms with Gasteiger partial charge >= 0.3 is 5.97 Å². The number of pyridine rings is 2. The zero-order chi connectivity index (χ0) is 21.3. The number of benzene rings is 2. The first-order valence-electron chi connectivity index (χ1n) is 9.43. The van der Waals surface area contributed by atoms with Gasteiger partial charge in [-0.05, 0) is 72.3 Å². The molecule has 0 saturated heterocycles. The zero-order valence-electron chi connectivity index (χ0n) is 16.9. The molecule has 0 fully saturated rings. The number of ether oxygens (including phenoxy) is 1. The van der Waals surface area contributed by atoms with Crippen LogP contribution in [0.25, 0.3) is 21.9 Å². The van der Waals surface area contributed by atoms with Gasteiger partial charge < -0.3 is 10.1 Å². The minimum Gasteiger partial charge on any atom is -0.465 e. The molecule has 2 heterocycles. The summed E-state index contributed by atoms with van der Waals surface area (Å²) in [5.74, 6) is 0.431. The van der Waals surface area contributed by atoms with Crippen molar-refractivity contribution in [3.8, 4) is 11.1 Å². The van der Waals surface area contributed by atoms with E-state index in [4.69, 9.17) is 4.74 Å². The molecule has 0 unspecified atom stereocenters. The average molecular weight is 401 g/mol. The second kappa shape index (κ2) is 7.91. The molecular weight excluding hydrogens is 381 g/mol. The van der Waals surface area contributed by atoms with Crippen molar-refractivity contribution in [2.75, 3.05) is 12.4 Å². The summed E-state index contributed by atoms with van der Waals surface area (Å²) < 4.78 is 18.5. The Balaban J connectivity index is 1.66. The van der Waals surface area contributed by atoms with Crippen molar-refractivity contribution in [1.29, 1.82) is 0 Å². The fraction of sp³-hybridized carbons (Fsp3) is 0.125. The van der Waals surface area contributed by atoms with Crippen molar-refractivity contribution in [2.45, 2.75) is 13.8 Å². The summed E-state index contributed by atoms with van der Waals surface area (Å²) in [6.07, 6.45) is 1.76. The quantitative estimate of drug-likeness (QED) is 0.452. The summed E-state index contributed by atoms with van der Waals surface area (Å²) in [6, 6.07) is 15.9. The van der Waals surface area contributed by atoms with Crippen molar-refractivity contribution in [1.82, 2.24) is 9.97 Å². The highest BCUT2D eigenvalue weighted by Gasteiger charge is 2.10. The lowest BCUT2D eigenvalue weighted by atomic mass is 9.98. The lowest BCUT2D eigenvalue weighted by molar-refractivity contribution is 0.0600. The van der Waals surface area contributed by atoms with Crippen LogP contribution in [0.4, 0.5) is 16.0 Å². The Labute approximate surface area is 173 Å². The Bertz CT molecular complexity index is 1270. The smallest absolute Gasteiger partial charge is 0.338 e. The number of rotatable bonds is 4. The molecule has 2 aromatic carbocycles. The predicted molar refractivity (Wildman–Crippen MR) is 115 cm³/mol. The monoisotopic (exact) mass is 401 g/mol. The van der Waals surface area contributed by atoms with Gasteiger partial charge in [0.05, 0.1) is 12.7 Å². The molecule has 30 heavy (non-hydrogen) atoms. The summed E-state index contributed by atoms with van der Waals surface area (Å²) in [6.45, 7) is 3.77. The summed E-state index contributed by atoms with van der Waals surface area (Å²) in [4.78, 5) is 20.7. The van der Waals surface area contributed by atoms with E-state index >= 15 is 0 Å². The first-order chi connectivity index (χ1) is 14.4. The Morgan fingerprint density at radius 2 is 1.80 bits per heavy atom. The molecule has 4 rings (SSSR count). The van der Waals surface area contributed by atoms with Gasteiger partial charge in [-0.1, -0.05) is 18.2 Å². The minimum absolute atomic E-state index is 0.259. The van der Waals surface area contributed by atoms with Gasteiger partial charge in [-0.15, -0.1) is 0 Å². The normalized spacial score (nSPS) is 10.8. The Morgan fingerprint density at radius 1 is 0.967 bits per heavy atom. The summed E-state index contributed by atoms with van der Waals surface area (Å²) in [5, 5.41) is 5.06. The second-order valence-corrected chi connectivity index (χ2v) is 7.09. The van der Waals surface area contributed by atoms with E-state index in [2.05, 4.69) is 15.3 Å². The number of hydrogen-bond donors (Lipinski definition) is 1. The van der Waals surface area contributed by atoms with Gasteiger partial charge in [-0.3, -0.25) is 0 Å². The Kier molecular flexibility index (Phi) is 5.14. The number of carbonyl (C=O) groups is 1. The van der Waals surface area contributed by atoms with E-state index in [1.807, 2.05) is 31.2 Å². The predicted octanol–water partition coefficient (Wildman–Crippen LogP) is 5.58. The van der Waals surface area contributed by atoms with Gasteiger partial charge in [0.1, 0.15) is 17.5 Å². The van der Waals surface area contributed by atoms with Crippen molar-refractivity contribution >= 4 is 28.4 Å². The number of anilines is 2. The standard InChI is InChI=1S/C24H20FN3O2/c1-14-4-7-20(25)12-21(14)17-6-5-16-10-22(26-13-19(16)9-17)28-23-11-18(24(29)30-3)8-15(2)27-23/h4-13H,1-3H3,(H,26,27,28). The number of methoxy groups -OCH3 is 1. The molecule has 0 aliphatic carbocycles. The fourth-order valence-corrected chi connectivity index (χ4v) is 3.38. The van der Waals surface area contributed by atoms with Crippen LogP contribution in [0.2, 0.25) is 0 Å².